The van der Waals surface area contributed by atoms with Crippen molar-refractivity contribution in [2.75, 3.05) is 24.2 Å². The predicted molar refractivity (Wildman–Crippen MR) is 113 cm³/mol. The van der Waals surface area contributed by atoms with Crippen molar-refractivity contribution in [3.05, 3.63) is 59.2 Å². The Labute approximate surface area is 173 Å². The summed E-state index contributed by atoms with van der Waals surface area (Å²) in [7, 11) is 0. The number of para-hydroxylation sites is 1. The van der Waals surface area contributed by atoms with E-state index >= 15 is 0 Å². The van der Waals surface area contributed by atoms with E-state index in [1.807, 2.05) is 32.0 Å². The molecule has 1 aliphatic rings. The van der Waals surface area contributed by atoms with Gasteiger partial charge in [-0.3, -0.25) is 14.5 Å². The molecule has 0 bridgehead atoms. The zero-order valence-corrected chi connectivity index (χ0v) is 17.2. The van der Waals surface area contributed by atoms with Gasteiger partial charge in [0.05, 0.1) is 18.8 Å². The molecular formula is C21H23N3O4S. The molecule has 1 aliphatic heterocycles. The fraction of sp³-hybridized carbons (Fsp3) is 0.286. The minimum Gasteiger partial charge on any atom is -0.491 e. The number of carbonyl (C=O) groups excluding carboxylic acids is 3. The standard InChI is InChI=1S/C21H23N3O4S/c1-14-4-3-5-15(2)19(14)28-11-10-22-20(26)23-17-8-6-16(7-9-17)12-24-18(25)13-29-21(24)27/h3-9H,10-13H2,1-2H3,(H2,22,23,26). The van der Waals surface area contributed by atoms with E-state index in [9.17, 15) is 14.4 Å². The first kappa shape index (κ1) is 20.7. The number of amides is 4. The molecule has 1 saturated heterocycles. The van der Waals surface area contributed by atoms with Crippen LogP contribution in [0, 0.1) is 13.8 Å². The minimum atomic E-state index is -0.329. The van der Waals surface area contributed by atoms with E-state index in [1.165, 1.54) is 4.90 Å². The molecule has 1 heterocycles. The van der Waals surface area contributed by atoms with Crippen LogP contribution in [0.4, 0.5) is 15.3 Å². The average molecular weight is 413 g/mol. The van der Waals surface area contributed by atoms with Crippen LogP contribution in [0.1, 0.15) is 16.7 Å². The number of aryl methyl sites for hydroxylation is 2. The molecule has 0 saturated carbocycles. The maximum Gasteiger partial charge on any atom is 0.319 e. The van der Waals surface area contributed by atoms with Crippen LogP contribution in [0.5, 0.6) is 5.75 Å². The third-order valence-corrected chi connectivity index (χ3v) is 5.29. The summed E-state index contributed by atoms with van der Waals surface area (Å²) in [6.07, 6.45) is 0. The largest absolute Gasteiger partial charge is 0.491 e. The fourth-order valence-corrected chi connectivity index (χ4v) is 3.65. The Bertz CT molecular complexity index is 878. The van der Waals surface area contributed by atoms with Crippen molar-refractivity contribution in [1.82, 2.24) is 10.2 Å². The molecule has 0 atom stereocenters. The first-order valence-electron chi connectivity index (χ1n) is 9.24. The maximum atomic E-state index is 12.0. The van der Waals surface area contributed by atoms with E-state index in [0.717, 1.165) is 34.2 Å². The highest BCUT2D eigenvalue weighted by molar-refractivity contribution is 8.14. The van der Waals surface area contributed by atoms with Gasteiger partial charge < -0.3 is 15.4 Å². The van der Waals surface area contributed by atoms with Crippen LogP contribution >= 0.6 is 11.8 Å². The van der Waals surface area contributed by atoms with Crippen molar-refractivity contribution in [1.29, 1.82) is 0 Å². The maximum absolute atomic E-state index is 12.0. The smallest absolute Gasteiger partial charge is 0.319 e. The van der Waals surface area contributed by atoms with Gasteiger partial charge in [-0.15, -0.1) is 0 Å². The lowest BCUT2D eigenvalue weighted by Gasteiger charge is -2.14. The number of anilines is 1. The average Bonchev–Trinajstić information content (AvgIpc) is 3.00. The van der Waals surface area contributed by atoms with Crippen LogP contribution < -0.4 is 15.4 Å². The van der Waals surface area contributed by atoms with Crippen molar-refractivity contribution in [3.63, 3.8) is 0 Å². The zero-order chi connectivity index (χ0) is 20.8. The van der Waals surface area contributed by atoms with Crippen molar-refractivity contribution >= 4 is 34.6 Å². The second kappa shape index (κ2) is 9.47. The molecule has 0 unspecified atom stereocenters. The van der Waals surface area contributed by atoms with Gasteiger partial charge in [-0.1, -0.05) is 42.1 Å². The van der Waals surface area contributed by atoms with E-state index < -0.39 is 0 Å². The summed E-state index contributed by atoms with van der Waals surface area (Å²) in [5.41, 5.74) is 3.56. The van der Waals surface area contributed by atoms with E-state index in [2.05, 4.69) is 10.6 Å². The Morgan fingerprint density at radius 2 is 1.79 bits per heavy atom. The van der Waals surface area contributed by atoms with Crippen LogP contribution in [0.25, 0.3) is 0 Å². The molecule has 2 N–H and O–H groups in total. The summed E-state index contributed by atoms with van der Waals surface area (Å²) in [6.45, 7) is 4.95. The topological polar surface area (TPSA) is 87.7 Å². The monoisotopic (exact) mass is 413 g/mol. The lowest BCUT2D eigenvalue weighted by Crippen LogP contribution is -2.32. The number of carbonyl (C=O) groups is 3. The SMILES string of the molecule is Cc1cccc(C)c1OCCNC(=O)Nc1ccc(CN2C(=O)CSC2=O)cc1. The third-order valence-electron chi connectivity index (χ3n) is 4.44. The number of benzene rings is 2. The number of nitrogens with one attached hydrogen (secondary N) is 2. The Balaban J connectivity index is 1.42. The van der Waals surface area contributed by atoms with Gasteiger partial charge in [0.25, 0.3) is 5.24 Å². The van der Waals surface area contributed by atoms with Gasteiger partial charge in [0.1, 0.15) is 12.4 Å². The number of urea groups is 1. The zero-order valence-electron chi connectivity index (χ0n) is 16.4. The Hall–Kier alpha value is -3.00. The van der Waals surface area contributed by atoms with Gasteiger partial charge in [-0.25, -0.2) is 4.79 Å². The molecule has 29 heavy (non-hydrogen) atoms. The lowest BCUT2D eigenvalue weighted by atomic mass is 10.1. The normalized spacial score (nSPS) is 13.5. The molecule has 3 rings (SSSR count). The van der Waals surface area contributed by atoms with Crippen molar-refractivity contribution in [3.8, 4) is 5.75 Å². The van der Waals surface area contributed by atoms with Gasteiger partial charge in [0.15, 0.2) is 0 Å². The molecule has 0 aromatic heterocycles. The van der Waals surface area contributed by atoms with Crippen LogP contribution in [-0.4, -0.2) is 41.0 Å². The van der Waals surface area contributed by atoms with Crippen LogP contribution in [-0.2, 0) is 11.3 Å². The van der Waals surface area contributed by atoms with Crippen LogP contribution in [0.15, 0.2) is 42.5 Å². The molecule has 0 radical (unpaired) electrons. The summed E-state index contributed by atoms with van der Waals surface area (Å²) in [4.78, 5) is 36.6. The second-order valence-corrected chi connectivity index (χ2v) is 7.61. The molecule has 2 aromatic carbocycles. The number of hydrogen-bond donors (Lipinski definition) is 2. The molecule has 0 aliphatic carbocycles. The Morgan fingerprint density at radius 3 is 2.41 bits per heavy atom. The predicted octanol–water partition coefficient (Wildman–Crippen LogP) is 3.70. The quantitative estimate of drug-likeness (QED) is 0.676. The lowest BCUT2D eigenvalue weighted by molar-refractivity contribution is -0.125. The van der Waals surface area contributed by atoms with Crippen LogP contribution in [0.3, 0.4) is 0 Å². The van der Waals surface area contributed by atoms with Crippen LogP contribution in [0.2, 0.25) is 0 Å². The second-order valence-electron chi connectivity index (χ2n) is 6.68. The molecule has 2 aromatic rings. The molecule has 0 spiro atoms. The van der Waals surface area contributed by atoms with Gasteiger partial charge >= 0.3 is 6.03 Å². The number of hydrogen-bond acceptors (Lipinski definition) is 5. The number of ether oxygens (including phenoxy) is 1. The first-order valence-corrected chi connectivity index (χ1v) is 10.2. The van der Waals surface area contributed by atoms with Crippen molar-refractivity contribution < 1.29 is 19.1 Å². The van der Waals surface area contributed by atoms with Gasteiger partial charge in [-0.2, -0.15) is 0 Å². The highest BCUT2D eigenvalue weighted by Crippen LogP contribution is 2.22. The number of nitrogens with zero attached hydrogens (tertiary/aromatic N) is 1. The molecule has 7 nitrogen and oxygen atoms in total. The number of rotatable bonds is 7. The molecule has 1 fully saturated rings. The van der Waals surface area contributed by atoms with Gasteiger partial charge in [-0.05, 0) is 42.7 Å². The third kappa shape index (κ3) is 5.51. The minimum absolute atomic E-state index is 0.176. The number of imide groups is 1. The van der Waals surface area contributed by atoms with E-state index in [1.54, 1.807) is 24.3 Å². The first-order chi connectivity index (χ1) is 13.9. The summed E-state index contributed by atoms with van der Waals surface area (Å²) in [6, 6.07) is 12.7. The highest BCUT2D eigenvalue weighted by Gasteiger charge is 2.29. The summed E-state index contributed by atoms with van der Waals surface area (Å²) >= 11 is 1.02. The molecule has 8 heteroatoms. The van der Waals surface area contributed by atoms with E-state index in [-0.39, 0.29) is 29.5 Å². The summed E-state index contributed by atoms with van der Waals surface area (Å²) < 4.78 is 5.76. The number of thioether (sulfide) groups is 1. The summed E-state index contributed by atoms with van der Waals surface area (Å²) in [5, 5.41) is 5.27. The van der Waals surface area contributed by atoms with Gasteiger partial charge in [0, 0.05) is 5.69 Å². The van der Waals surface area contributed by atoms with Gasteiger partial charge in [0.2, 0.25) is 5.91 Å². The highest BCUT2D eigenvalue weighted by atomic mass is 32.2. The Kier molecular flexibility index (Phi) is 6.77. The van der Waals surface area contributed by atoms with E-state index in [0.29, 0.717) is 18.8 Å². The van der Waals surface area contributed by atoms with Crippen molar-refractivity contribution in [2.24, 2.45) is 0 Å². The van der Waals surface area contributed by atoms with E-state index in [4.69, 9.17) is 4.74 Å². The Morgan fingerprint density at radius 1 is 1.10 bits per heavy atom. The molecule has 4 amide bonds. The van der Waals surface area contributed by atoms with Crippen molar-refractivity contribution in [2.45, 2.75) is 20.4 Å². The molecular weight excluding hydrogens is 390 g/mol. The molecule has 152 valence electrons. The fourth-order valence-electron chi connectivity index (χ4n) is 2.93. The summed E-state index contributed by atoms with van der Waals surface area (Å²) in [5.74, 6) is 0.870.